The van der Waals surface area contributed by atoms with Crippen molar-refractivity contribution >= 4 is 27.9 Å². The van der Waals surface area contributed by atoms with Gasteiger partial charge in [-0.05, 0) is 24.3 Å². The number of nitrogens with zero attached hydrogens (tertiary/aromatic N) is 5. The molecule has 0 amide bonds. The number of nitrogen functional groups attached to an aromatic ring is 1. The molecule has 0 aliphatic rings. The highest BCUT2D eigenvalue weighted by atomic mass is 16.3. The second-order valence-corrected chi connectivity index (χ2v) is 10.0. The summed E-state index contributed by atoms with van der Waals surface area (Å²) >= 11 is 0. The lowest BCUT2D eigenvalue weighted by Gasteiger charge is -1.97. The van der Waals surface area contributed by atoms with E-state index in [4.69, 9.17) is 11.1 Å². The molecule has 9 N–H and O–H groups in total. The van der Waals surface area contributed by atoms with Gasteiger partial charge in [0.05, 0.1) is 28.3 Å². The molecule has 3 aromatic carbocycles. The Morgan fingerprint density at radius 3 is 1.72 bits per heavy atom. The number of amidine groups is 1. The predicted molar refractivity (Wildman–Crippen MR) is 177 cm³/mol. The number of aromatic nitrogens is 9. The van der Waals surface area contributed by atoms with Gasteiger partial charge in [0.2, 0.25) is 0 Å². The van der Waals surface area contributed by atoms with Crippen molar-refractivity contribution in [3.63, 3.8) is 0 Å². The molecule has 8 rings (SSSR count). The molecule has 13 nitrogen and oxygen atoms in total. The van der Waals surface area contributed by atoms with Crippen molar-refractivity contribution in [2.75, 3.05) is 0 Å². The van der Waals surface area contributed by atoms with E-state index in [0.29, 0.717) is 45.5 Å². The molecule has 0 saturated heterocycles. The average Bonchev–Trinajstić information content (AvgIpc) is 3.86. The summed E-state index contributed by atoms with van der Waals surface area (Å²) in [6, 6.07) is 26.0. The summed E-state index contributed by atoms with van der Waals surface area (Å²) in [5.74, 6) is 1.10. The van der Waals surface area contributed by atoms with E-state index in [2.05, 4.69) is 45.3 Å². The molecule has 0 spiro atoms. The van der Waals surface area contributed by atoms with Crippen LogP contribution in [0.2, 0.25) is 0 Å². The number of H-pyrrole nitrogens is 4. The molecule has 0 atom stereocenters. The quantitative estimate of drug-likeness (QED) is 0.0854. The van der Waals surface area contributed by atoms with Gasteiger partial charge in [-0.2, -0.15) is 10.2 Å². The van der Waals surface area contributed by atoms with Crippen molar-refractivity contribution in [1.29, 1.82) is 5.41 Å². The molecule has 5 heterocycles. The molecular weight excluding hydrogens is 582 g/mol. The zero-order valence-corrected chi connectivity index (χ0v) is 23.4. The second kappa shape index (κ2) is 12.1. The highest BCUT2D eigenvalue weighted by molar-refractivity contribution is 5.98. The minimum Gasteiger partial charge on any atom is -0.504 e. The van der Waals surface area contributed by atoms with Gasteiger partial charge in [0.25, 0.3) is 0 Å². The SMILES string of the molecule is C.N=C(N)c1ccc2nc(-c3[nH]nc(-c4ccccc4)c3O)[nH]c2c1.Oc1c(-c2ccccc2)n[nH]c1-c1nc2ccncc2[nH]1. The standard InChI is InChI=1S/C17H14N6O.C15H11N5O.CH4/c18-16(19)10-6-7-11-12(8-10)21-17(20-11)14-15(24)13(22-23-14)9-4-2-1-3-5-9;21-14-12(9-4-2-1-3-5-9)19-20-13(14)15-17-10-6-7-16-8-11(10)18-15;/h1-8,24H,(H3,18,19)(H,20,21)(H,22,23);1-8,21H,(H,17,18)(H,19,20);1H4. The first kappa shape index (κ1) is 29.3. The molecule has 0 bridgehead atoms. The summed E-state index contributed by atoms with van der Waals surface area (Å²) in [6.45, 7) is 0. The van der Waals surface area contributed by atoms with Crippen molar-refractivity contribution in [1.82, 2.24) is 45.3 Å². The molecule has 13 heteroatoms. The maximum absolute atomic E-state index is 10.5. The van der Waals surface area contributed by atoms with Crippen LogP contribution in [0, 0.1) is 5.41 Å². The largest absolute Gasteiger partial charge is 0.504 e. The minimum absolute atomic E-state index is 0. The normalized spacial score (nSPS) is 10.8. The summed E-state index contributed by atoms with van der Waals surface area (Å²) in [4.78, 5) is 19.1. The van der Waals surface area contributed by atoms with Crippen LogP contribution in [-0.4, -0.2) is 61.4 Å². The Balaban J connectivity index is 0.000000159. The smallest absolute Gasteiger partial charge is 0.172 e. The highest BCUT2D eigenvalue weighted by Crippen LogP contribution is 2.36. The average molecular weight is 612 g/mol. The molecule has 8 aromatic rings. The Labute approximate surface area is 261 Å². The number of imidazole rings is 2. The van der Waals surface area contributed by atoms with Crippen molar-refractivity contribution in [3.05, 3.63) is 103 Å². The van der Waals surface area contributed by atoms with Crippen LogP contribution in [0.5, 0.6) is 11.5 Å². The van der Waals surface area contributed by atoms with Gasteiger partial charge in [-0.1, -0.05) is 68.1 Å². The van der Waals surface area contributed by atoms with Gasteiger partial charge in [-0.3, -0.25) is 20.6 Å². The number of fused-ring (bicyclic) bond motifs is 2. The lowest BCUT2D eigenvalue weighted by atomic mass is 10.1. The summed E-state index contributed by atoms with van der Waals surface area (Å²) in [7, 11) is 0. The van der Waals surface area contributed by atoms with Gasteiger partial charge in [0.1, 0.15) is 28.6 Å². The number of hydrogen-bond donors (Lipinski definition) is 8. The van der Waals surface area contributed by atoms with E-state index in [0.717, 1.165) is 27.7 Å². The number of rotatable bonds is 5. The first-order valence-corrected chi connectivity index (χ1v) is 13.8. The Morgan fingerprint density at radius 1 is 0.674 bits per heavy atom. The van der Waals surface area contributed by atoms with E-state index < -0.39 is 0 Å². The predicted octanol–water partition coefficient (Wildman–Crippen LogP) is 5.97. The van der Waals surface area contributed by atoms with E-state index in [1.165, 1.54) is 0 Å². The van der Waals surface area contributed by atoms with Gasteiger partial charge in [-0.15, -0.1) is 0 Å². The van der Waals surface area contributed by atoms with Crippen LogP contribution in [-0.2, 0) is 0 Å². The Kier molecular flexibility index (Phi) is 7.70. The third kappa shape index (κ3) is 5.39. The van der Waals surface area contributed by atoms with Crippen LogP contribution in [0.15, 0.2) is 97.3 Å². The van der Waals surface area contributed by atoms with Crippen molar-refractivity contribution in [2.24, 2.45) is 5.73 Å². The fourth-order valence-electron chi connectivity index (χ4n) is 4.87. The highest BCUT2D eigenvalue weighted by Gasteiger charge is 2.19. The molecule has 5 aromatic heterocycles. The van der Waals surface area contributed by atoms with Gasteiger partial charge in [-0.25, -0.2) is 9.97 Å². The molecule has 0 aliphatic carbocycles. The first-order chi connectivity index (χ1) is 22.0. The molecule has 0 unspecified atom stereocenters. The Morgan fingerprint density at radius 2 is 1.20 bits per heavy atom. The molecule has 46 heavy (non-hydrogen) atoms. The zero-order valence-electron chi connectivity index (χ0n) is 23.4. The van der Waals surface area contributed by atoms with Crippen LogP contribution < -0.4 is 5.73 Å². The third-order valence-electron chi connectivity index (χ3n) is 7.13. The van der Waals surface area contributed by atoms with Gasteiger partial charge in [0.15, 0.2) is 23.1 Å². The maximum atomic E-state index is 10.5. The molecule has 0 fully saturated rings. The van der Waals surface area contributed by atoms with E-state index >= 15 is 0 Å². The minimum atomic E-state index is -0.0104. The zero-order chi connectivity index (χ0) is 30.9. The molecular formula is C33H29N11O2. The van der Waals surface area contributed by atoms with E-state index in [-0.39, 0.29) is 24.8 Å². The Bertz CT molecular complexity index is 2250. The number of aromatic hydroxyl groups is 2. The van der Waals surface area contributed by atoms with Crippen molar-refractivity contribution in [3.8, 4) is 57.1 Å². The summed E-state index contributed by atoms with van der Waals surface area (Å²) in [5.41, 5.74) is 12.7. The fraction of sp³-hybridized carbons (Fsp3) is 0.0303. The van der Waals surface area contributed by atoms with Crippen LogP contribution >= 0.6 is 0 Å². The summed E-state index contributed by atoms with van der Waals surface area (Å²) < 4.78 is 0. The van der Waals surface area contributed by atoms with Crippen LogP contribution in [0.3, 0.4) is 0 Å². The maximum Gasteiger partial charge on any atom is 0.172 e. The van der Waals surface area contributed by atoms with Gasteiger partial charge >= 0.3 is 0 Å². The van der Waals surface area contributed by atoms with E-state index in [9.17, 15) is 10.2 Å². The Hall–Kier alpha value is -6.76. The topological polar surface area (TPSA) is 218 Å². The number of hydrogen-bond acceptors (Lipinski definition) is 8. The van der Waals surface area contributed by atoms with Crippen molar-refractivity contribution in [2.45, 2.75) is 7.43 Å². The fourth-order valence-corrected chi connectivity index (χ4v) is 4.87. The van der Waals surface area contributed by atoms with Crippen LogP contribution in [0.4, 0.5) is 0 Å². The molecule has 0 radical (unpaired) electrons. The number of nitrogens with two attached hydrogens (primary N) is 1. The molecule has 0 saturated carbocycles. The van der Waals surface area contributed by atoms with Gasteiger partial charge < -0.3 is 25.9 Å². The number of nitrogens with one attached hydrogen (secondary N) is 5. The first-order valence-electron chi connectivity index (χ1n) is 13.8. The summed E-state index contributed by atoms with van der Waals surface area (Å²) in [5, 5.41) is 42.4. The number of benzene rings is 3. The van der Waals surface area contributed by atoms with Gasteiger partial charge in [0, 0.05) is 22.9 Å². The number of aromatic amines is 4. The van der Waals surface area contributed by atoms with Crippen molar-refractivity contribution < 1.29 is 10.2 Å². The second-order valence-electron chi connectivity index (χ2n) is 10.0. The van der Waals surface area contributed by atoms with E-state index in [1.807, 2.05) is 60.7 Å². The number of pyridine rings is 1. The monoisotopic (exact) mass is 611 g/mol. The van der Waals surface area contributed by atoms with Crippen LogP contribution in [0.25, 0.3) is 67.6 Å². The molecule has 0 aliphatic heterocycles. The lowest BCUT2D eigenvalue weighted by Crippen LogP contribution is -2.10. The van der Waals surface area contributed by atoms with Crippen LogP contribution in [0.1, 0.15) is 13.0 Å². The lowest BCUT2D eigenvalue weighted by molar-refractivity contribution is 0.478. The molecule has 228 valence electrons. The van der Waals surface area contributed by atoms with E-state index in [1.54, 1.807) is 36.7 Å². The third-order valence-corrected chi connectivity index (χ3v) is 7.13. The summed E-state index contributed by atoms with van der Waals surface area (Å²) in [6.07, 6.45) is 3.37.